The summed E-state index contributed by atoms with van der Waals surface area (Å²) < 4.78 is 6.82. The molecule has 0 aliphatic carbocycles. The highest BCUT2D eigenvalue weighted by molar-refractivity contribution is 9.10. The van der Waals surface area contributed by atoms with Crippen molar-refractivity contribution in [3.63, 3.8) is 0 Å². The van der Waals surface area contributed by atoms with E-state index in [0.29, 0.717) is 17.2 Å². The molecule has 3 aromatic rings. The fraction of sp³-hybridized carbons (Fsp3) is 0.188. The Hall–Kier alpha value is -1.81. The van der Waals surface area contributed by atoms with Crippen LogP contribution in [0.15, 0.2) is 51.4 Å². The van der Waals surface area contributed by atoms with E-state index in [2.05, 4.69) is 46.9 Å². The molecule has 0 aliphatic rings. The molecule has 1 aromatic heterocycles. The van der Waals surface area contributed by atoms with Gasteiger partial charge in [-0.1, -0.05) is 46.3 Å². The smallest absolute Gasteiger partial charge is 0.205 e. The predicted octanol–water partition coefficient (Wildman–Crippen LogP) is 4.50. The molecule has 0 saturated heterocycles. The maximum atomic E-state index is 5.99. The van der Waals surface area contributed by atoms with Gasteiger partial charge in [-0.15, -0.1) is 0 Å². The van der Waals surface area contributed by atoms with Gasteiger partial charge in [0.1, 0.15) is 5.52 Å². The van der Waals surface area contributed by atoms with Crippen molar-refractivity contribution in [2.75, 3.05) is 5.73 Å². The molecule has 1 heterocycles. The lowest BCUT2D eigenvalue weighted by molar-refractivity contribution is 0.434. The number of rotatable bonds is 2. The Balaban J connectivity index is 2.17. The van der Waals surface area contributed by atoms with Gasteiger partial charge in [0.2, 0.25) is 5.89 Å². The fourth-order valence-electron chi connectivity index (χ4n) is 2.27. The van der Waals surface area contributed by atoms with Gasteiger partial charge in [-0.3, -0.25) is 0 Å². The van der Waals surface area contributed by atoms with Crippen LogP contribution in [0, 0.1) is 0 Å². The highest BCUT2D eigenvalue weighted by atomic mass is 79.9. The van der Waals surface area contributed by atoms with Gasteiger partial charge < -0.3 is 10.2 Å². The highest BCUT2D eigenvalue weighted by Crippen LogP contribution is 2.35. The molecular weight excluding hydrogens is 316 g/mol. The monoisotopic (exact) mass is 330 g/mol. The summed E-state index contributed by atoms with van der Waals surface area (Å²) in [6.45, 7) is 4.19. The molecule has 102 valence electrons. The fourth-order valence-corrected chi connectivity index (χ4v) is 2.73. The van der Waals surface area contributed by atoms with Gasteiger partial charge in [0.05, 0.1) is 11.1 Å². The van der Waals surface area contributed by atoms with E-state index in [4.69, 9.17) is 10.2 Å². The first-order chi connectivity index (χ1) is 9.48. The van der Waals surface area contributed by atoms with Crippen molar-refractivity contribution < 1.29 is 4.42 Å². The van der Waals surface area contributed by atoms with Crippen LogP contribution in [0.1, 0.15) is 25.3 Å². The van der Waals surface area contributed by atoms with Crippen LogP contribution in [-0.2, 0) is 5.41 Å². The Morgan fingerprint density at radius 1 is 1.15 bits per heavy atom. The summed E-state index contributed by atoms with van der Waals surface area (Å²) in [5, 5.41) is 0. The summed E-state index contributed by atoms with van der Waals surface area (Å²) in [7, 11) is 0. The molecule has 3 rings (SSSR count). The van der Waals surface area contributed by atoms with Gasteiger partial charge in [0, 0.05) is 4.47 Å². The highest BCUT2D eigenvalue weighted by Gasteiger charge is 2.29. The zero-order valence-corrected chi connectivity index (χ0v) is 12.9. The van der Waals surface area contributed by atoms with E-state index in [1.807, 2.05) is 30.3 Å². The van der Waals surface area contributed by atoms with Crippen molar-refractivity contribution in [1.29, 1.82) is 0 Å². The van der Waals surface area contributed by atoms with E-state index in [0.717, 1.165) is 15.6 Å². The van der Waals surface area contributed by atoms with Crippen molar-refractivity contribution in [3.05, 3.63) is 58.4 Å². The number of aromatic nitrogens is 1. The lowest BCUT2D eigenvalue weighted by atomic mass is 9.84. The summed E-state index contributed by atoms with van der Waals surface area (Å²) >= 11 is 3.43. The van der Waals surface area contributed by atoms with Crippen molar-refractivity contribution >= 4 is 32.7 Å². The molecule has 0 bridgehead atoms. The predicted molar refractivity (Wildman–Crippen MR) is 84.7 cm³/mol. The number of benzene rings is 2. The quantitative estimate of drug-likeness (QED) is 0.704. The number of oxazole rings is 1. The zero-order chi connectivity index (χ0) is 14.3. The maximum absolute atomic E-state index is 5.99. The number of anilines is 1. The first-order valence-electron chi connectivity index (χ1n) is 6.40. The van der Waals surface area contributed by atoms with Gasteiger partial charge in [0.25, 0.3) is 0 Å². The van der Waals surface area contributed by atoms with E-state index in [-0.39, 0.29) is 5.41 Å². The van der Waals surface area contributed by atoms with E-state index >= 15 is 0 Å². The van der Waals surface area contributed by atoms with Gasteiger partial charge in [-0.05, 0) is 31.5 Å². The first-order valence-corrected chi connectivity index (χ1v) is 7.19. The molecule has 0 amide bonds. The normalized spacial score (nSPS) is 11.9. The second-order valence-electron chi connectivity index (χ2n) is 5.35. The Kier molecular flexibility index (Phi) is 3.05. The number of nitrogens with two attached hydrogens (primary N) is 1. The molecule has 4 heteroatoms. The van der Waals surface area contributed by atoms with Crippen molar-refractivity contribution in [2.45, 2.75) is 19.3 Å². The molecule has 0 atom stereocenters. The maximum Gasteiger partial charge on any atom is 0.205 e. The van der Waals surface area contributed by atoms with Gasteiger partial charge in [0.15, 0.2) is 5.58 Å². The Bertz CT molecular complexity index is 763. The Morgan fingerprint density at radius 2 is 1.85 bits per heavy atom. The van der Waals surface area contributed by atoms with E-state index in [1.165, 1.54) is 0 Å². The minimum Gasteiger partial charge on any atom is -0.438 e. The Labute approximate surface area is 125 Å². The molecular formula is C16H15BrN2O. The van der Waals surface area contributed by atoms with Crippen LogP contribution >= 0.6 is 15.9 Å². The van der Waals surface area contributed by atoms with Crippen LogP contribution in [0.3, 0.4) is 0 Å². The summed E-state index contributed by atoms with van der Waals surface area (Å²) in [6.07, 6.45) is 0. The Morgan fingerprint density at radius 3 is 2.55 bits per heavy atom. The minimum absolute atomic E-state index is 0.306. The number of hydrogen-bond acceptors (Lipinski definition) is 3. The molecule has 0 saturated carbocycles. The topological polar surface area (TPSA) is 52.0 Å². The molecule has 20 heavy (non-hydrogen) atoms. The van der Waals surface area contributed by atoms with E-state index in [9.17, 15) is 0 Å². The van der Waals surface area contributed by atoms with Crippen LogP contribution in [-0.4, -0.2) is 4.98 Å². The van der Waals surface area contributed by atoms with Crippen LogP contribution in [0.4, 0.5) is 5.69 Å². The van der Waals surface area contributed by atoms with Crippen LogP contribution in [0.5, 0.6) is 0 Å². The summed E-state index contributed by atoms with van der Waals surface area (Å²) in [4.78, 5) is 4.61. The standard InChI is InChI=1S/C16H15BrN2O/c1-16(2,10-6-4-3-5-7-10)15-19-13-9-11(17)8-12(18)14(13)20-15/h3-9H,18H2,1-2H3. The first kappa shape index (κ1) is 13.2. The number of nitrogen functional groups attached to an aromatic ring is 1. The third-order valence-corrected chi connectivity index (χ3v) is 3.97. The third kappa shape index (κ3) is 2.10. The minimum atomic E-state index is -0.306. The third-order valence-electron chi connectivity index (χ3n) is 3.51. The molecule has 0 spiro atoms. The number of fused-ring (bicyclic) bond motifs is 1. The lowest BCUT2D eigenvalue weighted by Crippen LogP contribution is -2.19. The summed E-state index contributed by atoms with van der Waals surface area (Å²) in [5.74, 6) is 0.670. The van der Waals surface area contributed by atoms with Gasteiger partial charge >= 0.3 is 0 Å². The second kappa shape index (κ2) is 4.63. The molecule has 2 N–H and O–H groups in total. The number of nitrogens with zero attached hydrogens (tertiary/aromatic N) is 1. The van der Waals surface area contributed by atoms with Gasteiger partial charge in [-0.25, -0.2) is 4.98 Å². The molecule has 0 radical (unpaired) electrons. The van der Waals surface area contributed by atoms with E-state index < -0.39 is 0 Å². The molecule has 0 unspecified atom stereocenters. The van der Waals surface area contributed by atoms with Crippen molar-refractivity contribution in [2.24, 2.45) is 0 Å². The van der Waals surface area contributed by atoms with Crippen LogP contribution < -0.4 is 5.73 Å². The molecule has 2 aromatic carbocycles. The van der Waals surface area contributed by atoms with Crippen molar-refractivity contribution in [1.82, 2.24) is 4.98 Å². The average molecular weight is 331 g/mol. The van der Waals surface area contributed by atoms with Crippen LogP contribution in [0.25, 0.3) is 11.1 Å². The molecule has 3 nitrogen and oxygen atoms in total. The SMILES string of the molecule is CC(C)(c1ccccc1)c1nc2cc(Br)cc(N)c2o1. The lowest BCUT2D eigenvalue weighted by Gasteiger charge is -2.20. The average Bonchev–Trinajstić information content (AvgIpc) is 2.84. The van der Waals surface area contributed by atoms with Crippen LogP contribution in [0.2, 0.25) is 0 Å². The number of halogens is 1. The number of hydrogen-bond donors (Lipinski definition) is 1. The second-order valence-corrected chi connectivity index (χ2v) is 6.27. The summed E-state index contributed by atoms with van der Waals surface area (Å²) in [5.41, 5.74) is 8.85. The summed E-state index contributed by atoms with van der Waals surface area (Å²) in [6, 6.07) is 13.9. The van der Waals surface area contributed by atoms with Gasteiger partial charge in [-0.2, -0.15) is 0 Å². The van der Waals surface area contributed by atoms with Crippen molar-refractivity contribution in [3.8, 4) is 0 Å². The van der Waals surface area contributed by atoms with E-state index in [1.54, 1.807) is 0 Å². The molecule has 0 aliphatic heterocycles. The molecule has 0 fully saturated rings. The largest absolute Gasteiger partial charge is 0.438 e. The zero-order valence-electron chi connectivity index (χ0n) is 11.4.